The van der Waals surface area contributed by atoms with Crippen LogP contribution in [-0.2, 0) is 11.2 Å². The number of halogens is 2. The Morgan fingerprint density at radius 2 is 1.96 bits per heavy atom. The van der Waals surface area contributed by atoms with Crippen LogP contribution in [0.2, 0.25) is 0 Å². The zero-order valence-electron chi connectivity index (χ0n) is 12.2. The third-order valence-electron chi connectivity index (χ3n) is 3.62. The number of carboxylic acids is 1. The minimum atomic E-state index is -0.792. The van der Waals surface area contributed by atoms with Gasteiger partial charge in [0.05, 0.1) is 17.5 Å². The lowest BCUT2D eigenvalue weighted by Crippen LogP contribution is -2.10. The first-order chi connectivity index (χ1) is 10.6. The number of nitrogens with one attached hydrogen (secondary N) is 1. The van der Waals surface area contributed by atoms with E-state index >= 15 is 0 Å². The average molecular weight is 443 g/mol. The van der Waals surface area contributed by atoms with Crippen LogP contribution < -0.4 is 0 Å². The zero-order valence-corrected chi connectivity index (χ0v) is 15.2. The van der Waals surface area contributed by atoms with Crippen molar-refractivity contribution in [3.8, 4) is 0 Å². The van der Waals surface area contributed by atoms with E-state index in [4.69, 9.17) is 5.11 Å². The molecule has 0 bridgehead atoms. The van der Waals surface area contributed by atoms with Crippen LogP contribution in [0.3, 0.4) is 0 Å². The molecule has 0 saturated heterocycles. The summed E-state index contributed by atoms with van der Waals surface area (Å²) in [6, 6.07) is 15.8. The number of carbonyl (C=O) groups is 1. The van der Waals surface area contributed by atoms with Gasteiger partial charge in [-0.3, -0.25) is 4.79 Å². The highest BCUT2D eigenvalue weighted by Crippen LogP contribution is 2.25. The second kappa shape index (κ2) is 7.79. The van der Waals surface area contributed by atoms with Crippen molar-refractivity contribution < 1.29 is 9.90 Å². The molecule has 2 aromatic carbocycles. The van der Waals surface area contributed by atoms with Crippen molar-refractivity contribution in [1.29, 1.82) is 0 Å². The third kappa shape index (κ3) is 4.45. The van der Waals surface area contributed by atoms with Crippen LogP contribution in [0.4, 0.5) is 0 Å². The summed E-state index contributed by atoms with van der Waals surface area (Å²) in [5.41, 5.74) is 2.93. The molecule has 0 spiro atoms. The molecule has 3 rings (SSSR count). The molecule has 0 aliphatic carbocycles. The van der Waals surface area contributed by atoms with Gasteiger partial charge in [0.25, 0.3) is 0 Å². The van der Waals surface area contributed by atoms with Gasteiger partial charge in [-0.15, -0.1) is 12.4 Å². The number of imidazole rings is 1. The van der Waals surface area contributed by atoms with Crippen LogP contribution in [0, 0.1) is 3.57 Å². The van der Waals surface area contributed by atoms with E-state index in [-0.39, 0.29) is 24.7 Å². The number of nitrogens with zero attached hydrogens (tertiary/aromatic N) is 1. The molecule has 1 atom stereocenters. The van der Waals surface area contributed by atoms with Crippen LogP contribution in [0.5, 0.6) is 0 Å². The molecular weight excluding hydrogens is 427 g/mol. The highest BCUT2D eigenvalue weighted by molar-refractivity contribution is 14.1. The van der Waals surface area contributed by atoms with Crippen LogP contribution >= 0.6 is 35.0 Å². The molecule has 0 saturated carbocycles. The Balaban J connectivity index is 0.00000192. The van der Waals surface area contributed by atoms with E-state index in [1.54, 1.807) is 0 Å². The maximum Gasteiger partial charge on any atom is 0.303 e. The van der Waals surface area contributed by atoms with Crippen LogP contribution in [0.25, 0.3) is 11.0 Å². The summed E-state index contributed by atoms with van der Waals surface area (Å²) in [6.07, 6.45) is 0.681. The molecule has 0 aliphatic rings. The molecule has 4 nitrogen and oxygen atoms in total. The van der Waals surface area contributed by atoms with Crippen molar-refractivity contribution in [2.45, 2.75) is 18.8 Å². The molecule has 0 radical (unpaired) electrons. The summed E-state index contributed by atoms with van der Waals surface area (Å²) in [7, 11) is 0. The van der Waals surface area contributed by atoms with Crippen LogP contribution in [0.15, 0.2) is 48.5 Å². The van der Waals surface area contributed by atoms with E-state index in [0.717, 1.165) is 26.0 Å². The zero-order chi connectivity index (χ0) is 15.5. The number of carboxylic acid groups (broad SMARTS) is 1. The molecule has 23 heavy (non-hydrogen) atoms. The first-order valence-corrected chi connectivity index (χ1v) is 8.10. The summed E-state index contributed by atoms with van der Waals surface area (Å²) in [4.78, 5) is 19.0. The fourth-order valence-electron chi connectivity index (χ4n) is 2.61. The molecule has 0 amide bonds. The lowest BCUT2D eigenvalue weighted by Gasteiger charge is -2.13. The number of H-pyrrole nitrogens is 1. The maximum absolute atomic E-state index is 11.2. The number of hydrogen-bond donors (Lipinski definition) is 2. The summed E-state index contributed by atoms with van der Waals surface area (Å²) in [5.74, 6) is -0.0510. The standard InChI is InChI=1S/C17H15IN2O2.ClH/c18-13-6-7-14-15(10-13)20-16(19-14)8-12(9-17(21)22)11-4-2-1-3-5-11;/h1-7,10,12H,8-9H2,(H,19,20)(H,21,22);1H. The minimum absolute atomic E-state index is 0. The summed E-state index contributed by atoms with van der Waals surface area (Å²) in [5, 5.41) is 9.17. The Hall–Kier alpha value is -1.60. The van der Waals surface area contributed by atoms with Gasteiger partial charge in [0, 0.05) is 15.9 Å². The van der Waals surface area contributed by atoms with Crippen molar-refractivity contribution >= 4 is 52.0 Å². The molecule has 120 valence electrons. The number of aliphatic carboxylic acids is 1. The van der Waals surface area contributed by atoms with Crippen LogP contribution in [0.1, 0.15) is 23.7 Å². The molecule has 1 aromatic heterocycles. The lowest BCUT2D eigenvalue weighted by atomic mass is 9.92. The number of hydrogen-bond acceptors (Lipinski definition) is 2. The fourth-order valence-corrected chi connectivity index (χ4v) is 3.10. The molecule has 2 N–H and O–H groups in total. The first kappa shape index (κ1) is 17.7. The highest BCUT2D eigenvalue weighted by atomic mass is 127. The maximum atomic E-state index is 11.2. The van der Waals surface area contributed by atoms with E-state index in [1.165, 1.54) is 0 Å². The van der Waals surface area contributed by atoms with Gasteiger partial charge in [-0.1, -0.05) is 30.3 Å². The van der Waals surface area contributed by atoms with E-state index in [2.05, 4.69) is 32.6 Å². The summed E-state index contributed by atoms with van der Waals surface area (Å²) in [6.45, 7) is 0. The SMILES string of the molecule is Cl.O=C(O)CC(Cc1nc2ccc(I)cc2[nH]1)c1ccccc1. The summed E-state index contributed by atoms with van der Waals surface area (Å²) >= 11 is 2.26. The Kier molecular flexibility index (Phi) is 6.01. The van der Waals surface area contributed by atoms with Crippen molar-refractivity contribution in [1.82, 2.24) is 9.97 Å². The molecule has 1 heterocycles. The fraction of sp³-hybridized carbons (Fsp3) is 0.176. The van der Waals surface area contributed by atoms with Gasteiger partial charge in [0.15, 0.2) is 0 Å². The second-order valence-electron chi connectivity index (χ2n) is 5.25. The topological polar surface area (TPSA) is 66.0 Å². The Bertz CT molecular complexity index is 805. The van der Waals surface area contributed by atoms with Gasteiger partial charge in [-0.2, -0.15) is 0 Å². The smallest absolute Gasteiger partial charge is 0.303 e. The van der Waals surface area contributed by atoms with Crippen LogP contribution in [-0.4, -0.2) is 21.0 Å². The number of fused-ring (bicyclic) bond motifs is 1. The first-order valence-electron chi connectivity index (χ1n) is 7.02. The molecule has 0 aliphatic heterocycles. The Morgan fingerprint density at radius 1 is 1.22 bits per heavy atom. The van der Waals surface area contributed by atoms with Crippen molar-refractivity contribution in [3.63, 3.8) is 0 Å². The highest BCUT2D eigenvalue weighted by Gasteiger charge is 2.18. The predicted molar refractivity (Wildman–Crippen MR) is 101 cm³/mol. The minimum Gasteiger partial charge on any atom is -0.481 e. The number of rotatable bonds is 5. The van der Waals surface area contributed by atoms with E-state index in [0.29, 0.717) is 6.42 Å². The monoisotopic (exact) mass is 442 g/mol. The van der Waals surface area contributed by atoms with Crippen molar-refractivity contribution in [2.75, 3.05) is 0 Å². The Morgan fingerprint density at radius 3 is 2.65 bits per heavy atom. The lowest BCUT2D eigenvalue weighted by molar-refractivity contribution is -0.137. The quantitative estimate of drug-likeness (QED) is 0.576. The average Bonchev–Trinajstić information content (AvgIpc) is 2.88. The number of benzene rings is 2. The largest absolute Gasteiger partial charge is 0.481 e. The Labute approximate surface area is 153 Å². The predicted octanol–water partition coefficient (Wildman–Crippen LogP) is 4.39. The number of aromatic nitrogens is 2. The van der Waals surface area contributed by atoms with Gasteiger partial charge in [-0.05, 0) is 46.4 Å². The normalized spacial score (nSPS) is 11.9. The van der Waals surface area contributed by atoms with Gasteiger partial charge >= 0.3 is 5.97 Å². The molecule has 6 heteroatoms. The van der Waals surface area contributed by atoms with Gasteiger partial charge in [-0.25, -0.2) is 4.98 Å². The molecule has 3 aromatic rings. The second-order valence-corrected chi connectivity index (χ2v) is 6.50. The van der Waals surface area contributed by atoms with E-state index in [9.17, 15) is 4.79 Å². The van der Waals surface area contributed by atoms with Crippen molar-refractivity contribution in [3.05, 3.63) is 63.5 Å². The van der Waals surface area contributed by atoms with Crippen molar-refractivity contribution in [2.24, 2.45) is 0 Å². The van der Waals surface area contributed by atoms with Gasteiger partial charge < -0.3 is 10.1 Å². The molecular formula is C17H16ClIN2O2. The summed E-state index contributed by atoms with van der Waals surface area (Å²) < 4.78 is 1.14. The van der Waals surface area contributed by atoms with Gasteiger partial charge in [0.2, 0.25) is 0 Å². The number of aromatic amines is 1. The van der Waals surface area contributed by atoms with Gasteiger partial charge in [0.1, 0.15) is 5.82 Å². The van der Waals surface area contributed by atoms with E-state index < -0.39 is 5.97 Å². The third-order valence-corrected chi connectivity index (χ3v) is 4.30. The molecule has 0 fully saturated rings. The van der Waals surface area contributed by atoms with E-state index in [1.807, 2.05) is 48.5 Å². The molecule has 1 unspecified atom stereocenters.